The summed E-state index contributed by atoms with van der Waals surface area (Å²) in [5.74, 6) is -0.375. The molecule has 0 amide bonds. The van der Waals surface area contributed by atoms with Crippen LogP contribution in [0.2, 0.25) is 0 Å². The van der Waals surface area contributed by atoms with E-state index in [9.17, 15) is 9.59 Å². The fourth-order valence-corrected chi connectivity index (χ4v) is 7.63. The Bertz CT molecular complexity index is 754. The van der Waals surface area contributed by atoms with E-state index in [1.165, 1.54) is 218 Å². The van der Waals surface area contributed by atoms with E-state index in [2.05, 4.69) is 20.8 Å². The highest BCUT2D eigenvalue weighted by molar-refractivity contribution is 5.70. The molecular weight excluding hydrogens is 681 g/mol. The first-order valence-electron chi connectivity index (χ1n) is 25.1. The number of rotatable bonds is 47. The van der Waals surface area contributed by atoms with Crippen LogP contribution < -0.4 is 0 Å². The Morgan fingerprint density at radius 3 is 0.927 bits per heavy atom. The lowest BCUT2D eigenvalue weighted by atomic mass is 10.0. The number of unbranched alkanes of at least 4 members (excludes halogenated alkanes) is 36. The van der Waals surface area contributed by atoms with Crippen molar-refractivity contribution in [1.29, 1.82) is 0 Å². The van der Waals surface area contributed by atoms with Gasteiger partial charge in [-0.15, -0.1) is 0 Å². The molecule has 5 nitrogen and oxygen atoms in total. The van der Waals surface area contributed by atoms with E-state index < -0.39 is 6.10 Å². The zero-order chi connectivity index (χ0) is 40.0. The molecule has 1 atom stereocenters. The van der Waals surface area contributed by atoms with Crippen molar-refractivity contribution >= 4 is 11.9 Å². The molecule has 0 aliphatic carbocycles. The van der Waals surface area contributed by atoms with Gasteiger partial charge in [0.2, 0.25) is 0 Å². The van der Waals surface area contributed by atoms with Gasteiger partial charge in [0.1, 0.15) is 6.61 Å². The van der Waals surface area contributed by atoms with Crippen molar-refractivity contribution in [3.05, 3.63) is 0 Å². The average molecular weight is 779 g/mol. The van der Waals surface area contributed by atoms with E-state index in [-0.39, 0.29) is 18.5 Å². The summed E-state index contributed by atoms with van der Waals surface area (Å²) in [6.45, 7) is 7.89. The predicted octanol–water partition coefficient (Wildman–Crippen LogP) is 16.5. The van der Waals surface area contributed by atoms with Gasteiger partial charge in [0.15, 0.2) is 6.10 Å². The maximum Gasteiger partial charge on any atom is 0.306 e. The maximum atomic E-state index is 12.7. The summed E-state index contributed by atoms with van der Waals surface area (Å²) in [6.07, 6.45) is 51.0. The highest BCUT2D eigenvalue weighted by Gasteiger charge is 2.17. The number of hydrogen-bond donors (Lipinski definition) is 0. The molecule has 0 saturated heterocycles. The highest BCUT2D eigenvalue weighted by atomic mass is 16.6. The molecule has 0 aromatic heterocycles. The van der Waals surface area contributed by atoms with Crippen LogP contribution in [0.15, 0.2) is 0 Å². The minimum atomic E-state index is -0.521. The zero-order valence-corrected chi connectivity index (χ0v) is 37.7. The van der Waals surface area contributed by atoms with Crippen LogP contribution in [-0.2, 0) is 23.8 Å². The highest BCUT2D eigenvalue weighted by Crippen LogP contribution is 2.16. The van der Waals surface area contributed by atoms with E-state index >= 15 is 0 Å². The van der Waals surface area contributed by atoms with Crippen molar-refractivity contribution in [2.45, 2.75) is 290 Å². The van der Waals surface area contributed by atoms with Crippen LogP contribution in [0.4, 0.5) is 0 Å². The van der Waals surface area contributed by atoms with E-state index in [0.29, 0.717) is 26.1 Å². The minimum absolute atomic E-state index is 0.0973. The van der Waals surface area contributed by atoms with Crippen molar-refractivity contribution < 1.29 is 23.8 Å². The third-order valence-corrected chi connectivity index (χ3v) is 11.4. The molecule has 0 N–H and O–H groups in total. The normalized spacial score (nSPS) is 12.0. The summed E-state index contributed by atoms with van der Waals surface area (Å²) in [4.78, 5) is 25.3. The Morgan fingerprint density at radius 2 is 0.600 bits per heavy atom. The third kappa shape index (κ3) is 45.5. The lowest BCUT2D eigenvalue weighted by Crippen LogP contribution is -2.30. The Hall–Kier alpha value is -1.10. The molecule has 0 aromatic carbocycles. The van der Waals surface area contributed by atoms with Gasteiger partial charge in [0, 0.05) is 19.4 Å². The average Bonchev–Trinajstić information content (AvgIpc) is 3.18. The standard InChI is InChI=1S/C50H98O5/c1-4-7-10-13-16-19-22-24-25-26-27-30-33-36-39-42-45-53-46-48(55-50(52)44-41-38-35-32-28-21-18-15-12-9-6-3)47-54-49(51)43-40-37-34-31-29-23-20-17-14-11-8-5-2/h48H,4-47H2,1-3H3/t48-/m1/s1. The molecule has 0 aromatic rings. The Labute approximate surface area is 344 Å². The lowest BCUT2D eigenvalue weighted by molar-refractivity contribution is -0.163. The van der Waals surface area contributed by atoms with E-state index in [0.717, 1.165) is 32.1 Å². The van der Waals surface area contributed by atoms with Gasteiger partial charge < -0.3 is 14.2 Å². The number of carbonyl (C=O) groups is 2. The Morgan fingerprint density at radius 1 is 0.327 bits per heavy atom. The molecule has 0 heterocycles. The molecule has 0 fully saturated rings. The molecular formula is C50H98O5. The first kappa shape index (κ1) is 53.9. The summed E-state index contributed by atoms with van der Waals surface area (Å²) in [7, 11) is 0. The quantitative estimate of drug-likeness (QED) is 0.0455. The van der Waals surface area contributed by atoms with Crippen LogP contribution in [0.3, 0.4) is 0 Å². The minimum Gasteiger partial charge on any atom is -0.462 e. The van der Waals surface area contributed by atoms with Crippen molar-refractivity contribution in [2.24, 2.45) is 0 Å². The van der Waals surface area contributed by atoms with Crippen LogP contribution in [0, 0.1) is 0 Å². The monoisotopic (exact) mass is 779 g/mol. The molecule has 55 heavy (non-hydrogen) atoms. The van der Waals surface area contributed by atoms with Crippen molar-refractivity contribution in [1.82, 2.24) is 0 Å². The fraction of sp³-hybridized carbons (Fsp3) is 0.960. The molecule has 0 saturated carbocycles. The van der Waals surface area contributed by atoms with Crippen molar-refractivity contribution in [2.75, 3.05) is 19.8 Å². The van der Waals surface area contributed by atoms with Gasteiger partial charge >= 0.3 is 11.9 Å². The SMILES string of the molecule is CCCCCCCCCCCCCCCCCCOC[C@H](COC(=O)CCCCCCCCCCCCCC)OC(=O)CCCCCCCCCCCCC. The van der Waals surface area contributed by atoms with Gasteiger partial charge in [-0.1, -0.05) is 252 Å². The molecule has 0 bridgehead atoms. The molecule has 328 valence electrons. The predicted molar refractivity (Wildman–Crippen MR) is 238 cm³/mol. The number of ether oxygens (including phenoxy) is 3. The van der Waals surface area contributed by atoms with Crippen LogP contribution in [0.1, 0.15) is 284 Å². The second kappa shape index (κ2) is 47.3. The van der Waals surface area contributed by atoms with Crippen molar-refractivity contribution in [3.8, 4) is 0 Å². The molecule has 0 spiro atoms. The molecule has 0 rings (SSSR count). The van der Waals surface area contributed by atoms with Gasteiger partial charge in [0.05, 0.1) is 6.61 Å². The summed E-state index contributed by atoms with van der Waals surface area (Å²) >= 11 is 0. The van der Waals surface area contributed by atoms with Crippen LogP contribution in [-0.4, -0.2) is 37.9 Å². The molecule has 0 unspecified atom stereocenters. The van der Waals surface area contributed by atoms with Crippen LogP contribution in [0.25, 0.3) is 0 Å². The fourth-order valence-electron chi connectivity index (χ4n) is 7.63. The lowest BCUT2D eigenvalue weighted by Gasteiger charge is -2.18. The van der Waals surface area contributed by atoms with Crippen LogP contribution >= 0.6 is 0 Å². The summed E-state index contributed by atoms with van der Waals surface area (Å²) in [5, 5.41) is 0. The molecule has 0 radical (unpaired) electrons. The van der Waals surface area contributed by atoms with Gasteiger partial charge in [0.25, 0.3) is 0 Å². The smallest absolute Gasteiger partial charge is 0.306 e. The second-order valence-electron chi connectivity index (χ2n) is 17.1. The first-order chi connectivity index (χ1) is 27.1. The second-order valence-corrected chi connectivity index (χ2v) is 17.1. The first-order valence-corrected chi connectivity index (χ1v) is 25.1. The van der Waals surface area contributed by atoms with E-state index in [1.54, 1.807) is 0 Å². The van der Waals surface area contributed by atoms with Gasteiger partial charge in [-0.2, -0.15) is 0 Å². The molecule has 0 aliphatic rings. The van der Waals surface area contributed by atoms with Crippen molar-refractivity contribution in [3.63, 3.8) is 0 Å². The Kier molecular flexibility index (Phi) is 46.3. The van der Waals surface area contributed by atoms with E-state index in [1.807, 2.05) is 0 Å². The van der Waals surface area contributed by atoms with Crippen LogP contribution in [0.5, 0.6) is 0 Å². The van der Waals surface area contributed by atoms with Gasteiger partial charge in [-0.25, -0.2) is 0 Å². The van der Waals surface area contributed by atoms with Gasteiger partial charge in [-0.3, -0.25) is 9.59 Å². The topological polar surface area (TPSA) is 61.8 Å². The summed E-state index contributed by atoms with van der Waals surface area (Å²) in [6, 6.07) is 0. The number of esters is 2. The van der Waals surface area contributed by atoms with Gasteiger partial charge in [-0.05, 0) is 19.3 Å². The molecule has 0 aliphatic heterocycles. The summed E-state index contributed by atoms with van der Waals surface area (Å²) in [5.41, 5.74) is 0. The van der Waals surface area contributed by atoms with E-state index in [4.69, 9.17) is 14.2 Å². The number of hydrogen-bond acceptors (Lipinski definition) is 5. The molecule has 5 heteroatoms. The zero-order valence-electron chi connectivity index (χ0n) is 37.7. The maximum absolute atomic E-state index is 12.7. The third-order valence-electron chi connectivity index (χ3n) is 11.4. The Balaban J connectivity index is 4.16. The largest absolute Gasteiger partial charge is 0.462 e. The number of carbonyl (C=O) groups excluding carboxylic acids is 2. The summed E-state index contributed by atoms with van der Waals surface area (Å²) < 4.78 is 17.4.